The Kier molecular flexibility index (Phi) is 11.9. The van der Waals surface area contributed by atoms with Crippen LogP contribution in [0.15, 0.2) is 54.6 Å². The van der Waals surface area contributed by atoms with Crippen LogP contribution >= 0.6 is 11.6 Å². The third-order valence-corrected chi connectivity index (χ3v) is 5.07. The molecule has 0 radical (unpaired) electrons. The fourth-order valence-corrected chi connectivity index (χ4v) is 3.47. The van der Waals surface area contributed by atoms with Crippen molar-refractivity contribution in [2.24, 2.45) is 11.7 Å². The Labute approximate surface area is 191 Å². The highest BCUT2D eigenvalue weighted by atomic mass is 35.5. The first-order valence-electron chi connectivity index (χ1n) is 10.3. The highest BCUT2D eigenvalue weighted by molar-refractivity contribution is 6.30. The number of para-hydroxylation sites is 1. The van der Waals surface area contributed by atoms with Crippen molar-refractivity contribution in [1.29, 1.82) is 0 Å². The molecule has 3 N–H and O–H groups in total. The first-order valence-corrected chi connectivity index (χ1v) is 10.7. The number of anilines is 1. The number of carbonyl (C=O) groups is 2. The molecule has 0 saturated carbocycles. The van der Waals surface area contributed by atoms with Crippen molar-refractivity contribution in [3.05, 3.63) is 65.2 Å². The number of amides is 3. The van der Waals surface area contributed by atoms with Crippen LogP contribution in [0.4, 0.5) is 10.5 Å². The van der Waals surface area contributed by atoms with E-state index in [1.54, 1.807) is 12.1 Å². The zero-order valence-corrected chi connectivity index (χ0v) is 19.0. The Morgan fingerprint density at radius 1 is 1.06 bits per heavy atom. The van der Waals surface area contributed by atoms with Gasteiger partial charge in [0.05, 0.1) is 0 Å². The molecule has 0 aromatic heterocycles. The number of urea groups is 1. The smallest absolute Gasteiger partial charge is 0.316 e. The number of nitrogens with one attached hydrogen (secondary N) is 1. The number of piperidine rings is 1. The molecule has 5 nitrogen and oxygen atoms in total. The van der Waals surface area contributed by atoms with Gasteiger partial charge in [-0.25, -0.2) is 4.79 Å². The van der Waals surface area contributed by atoms with Crippen molar-refractivity contribution < 1.29 is 9.59 Å². The molecule has 3 amide bonds. The number of carbonyl (C=O) groups excluding carboxylic acids is 2. The third-order valence-electron chi connectivity index (χ3n) is 4.81. The van der Waals surface area contributed by atoms with Crippen molar-refractivity contribution in [1.82, 2.24) is 4.90 Å². The van der Waals surface area contributed by atoms with Crippen LogP contribution < -0.4 is 11.1 Å². The lowest BCUT2D eigenvalue weighted by Gasteiger charge is -2.32. The second-order valence-corrected chi connectivity index (χ2v) is 8.10. The molecule has 2 aromatic carbocycles. The summed E-state index contributed by atoms with van der Waals surface area (Å²) in [6.45, 7) is 5.97. The van der Waals surface area contributed by atoms with Gasteiger partial charge in [0.1, 0.15) is 0 Å². The maximum atomic E-state index is 12.0. The second-order valence-electron chi connectivity index (χ2n) is 7.66. The van der Waals surface area contributed by atoms with Crippen molar-refractivity contribution in [2.75, 3.05) is 18.4 Å². The van der Waals surface area contributed by atoms with Crippen LogP contribution in [0.1, 0.15) is 44.6 Å². The number of benzene rings is 2. The number of hydrogen-bond donors (Lipinski definition) is 2. The molecule has 1 fully saturated rings. The van der Waals surface area contributed by atoms with Crippen LogP contribution in [0.25, 0.3) is 0 Å². The van der Waals surface area contributed by atoms with Gasteiger partial charge in [-0.15, -0.1) is 12.8 Å². The molecule has 0 aliphatic carbocycles. The number of nitrogens with two attached hydrogens (primary N) is 1. The molecule has 0 bridgehead atoms. The summed E-state index contributed by atoms with van der Waals surface area (Å²) in [5.41, 5.74) is 6.94. The SMILES string of the molecule is C#C.CC(C)CC(=O)N1CCC(c2ccc(Cl)cc2)CC1.NC(=O)Nc1ccccc1. The summed E-state index contributed by atoms with van der Waals surface area (Å²) >= 11 is 5.91. The fraction of sp³-hybridized carbons (Fsp3) is 0.360. The van der Waals surface area contributed by atoms with E-state index in [4.69, 9.17) is 17.3 Å². The summed E-state index contributed by atoms with van der Waals surface area (Å²) in [5.74, 6) is 1.33. The summed E-state index contributed by atoms with van der Waals surface area (Å²) in [6, 6.07) is 16.6. The number of hydrogen-bond acceptors (Lipinski definition) is 2. The summed E-state index contributed by atoms with van der Waals surface area (Å²) in [4.78, 5) is 24.3. The van der Waals surface area contributed by atoms with Crippen molar-refractivity contribution >= 4 is 29.2 Å². The lowest BCUT2D eigenvalue weighted by Crippen LogP contribution is -2.38. The van der Waals surface area contributed by atoms with Crippen LogP contribution in [-0.2, 0) is 4.79 Å². The predicted molar refractivity (Wildman–Crippen MR) is 129 cm³/mol. The molecule has 1 heterocycles. The molecule has 0 unspecified atom stereocenters. The van der Waals surface area contributed by atoms with E-state index in [1.807, 2.05) is 35.2 Å². The molecule has 6 heteroatoms. The van der Waals surface area contributed by atoms with Gasteiger partial charge < -0.3 is 16.0 Å². The largest absolute Gasteiger partial charge is 0.351 e. The van der Waals surface area contributed by atoms with Gasteiger partial charge in [-0.1, -0.05) is 55.8 Å². The number of halogens is 1. The highest BCUT2D eigenvalue weighted by Crippen LogP contribution is 2.29. The number of likely N-dealkylation sites (tertiary alicyclic amines) is 1. The van der Waals surface area contributed by atoms with Crippen LogP contribution in [0.3, 0.4) is 0 Å². The van der Waals surface area contributed by atoms with E-state index in [9.17, 15) is 9.59 Å². The van der Waals surface area contributed by atoms with Gasteiger partial charge in [0.25, 0.3) is 0 Å². The first-order chi connectivity index (χ1) is 14.8. The highest BCUT2D eigenvalue weighted by Gasteiger charge is 2.23. The fourth-order valence-electron chi connectivity index (χ4n) is 3.34. The van der Waals surface area contributed by atoms with Gasteiger partial charge in [0.2, 0.25) is 5.91 Å². The molecule has 0 spiro atoms. The van der Waals surface area contributed by atoms with Gasteiger partial charge in [-0.3, -0.25) is 4.79 Å². The van der Waals surface area contributed by atoms with E-state index in [1.165, 1.54) is 5.56 Å². The number of nitrogens with zero attached hydrogens (tertiary/aromatic N) is 1. The topological polar surface area (TPSA) is 75.4 Å². The average Bonchev–Trinajstić information content (AvgIpc) is 2.76. The van der Waals surface area contributed by atoms with Gasteiger partial charge in [-0.2, -0.15) is 0 Å². The van der Waals surface area contributed by atoms with Crippen molar-refractivity contribution in [2.45, 2.75) is 39.0 Å². The number of rotatable bonds is 4. The van der Waals surface area contributed by atoms with Crippen molar-refractivity contribution in [3.8, 4) is 12.8 Å². The van der Waals surface area contributed by atoms with Crippen molar-refractivity contribution in [3.63, 3.8) is 0 Å². The van der Waals surface area contributed by atoms with Gasteiger partial charge in [0.15, 0.2) is 0 Å². The zero-order chi connectivity index (χ0) is 23.2. The zero-order valence-electron chi connectivity index (χ0n) is 18.3. The van der Waals surface area contributed by atoms with E-state index in [2.05, 4.69) is 44.1 Å². The third kappa shape index (κ3) is 10.1. The standard InChI is InChI=1S/C16H22ClNO.C7H8N2O.C2H2/c1-12(2)11-16(19)18-9-7-14(8-10-18)13-3-5-15(17)6-4-13;8-7(10)9-6-4-2-1-3-5-6;1-2/h3-6,12,14H,7-11H2,1-2H3;1-5H,(H3,8,9,10);1-2H. The summed E-state index contributed by atoms with van der Waals surface area (Å²) in [6.07, 6.45) is 10.8. The van der Waals surface area contributed by atoms with E-state index >= 15 is 0 Å². The lowest BCUT2D eigenvalue weighted by atomic mass is 9.89. The normalized spacial score (nSPS) is 13.3. The molecule has 166 valence electrons. The first kappa shape index (κ1) is 26.1. The van der Waals surface area contributed by atoms with E-state index in [-0.39, 0.29) is 0 Å². The van der Waals surface area contributed by atoms with Gasteiger partial charge >= 0.3 is 6.03 Å². The molecular formula is C25H32ClN3O2. The molecule has 1 aliphatic heterocycles. The Morgan fingerprint density at radius 3 is 2.10 bits per heavy atom. The van der Waals surface area contributed by atoms with Crippen LogP contribution in [0, 0.1) is 18.8 Å². The predicted octanol–water partition coefficient (Wildman–Crippen LogP) is 5.52. The summed E-state index contributed by atoms with van der Waals surface area (Å²) in [7, 11) is 0. The molecule has 2 aromatic rings. The number of primary amides is 1. The second kappa shape index (κ2) is 14.1. The Morgan fingerprint density at radius 2 is 1.61 bits per heavy atom. The molecule has 1 saturated heterocycles. The molecule has 1 aliphatic rings. The summed E-state index contributed by atoms with van der Waals surface area (Å²) < 4.78 is 0. The molecule has 31 heavy (non-hydrogen) atoms. The molecule has 0 atom stereocenters. The Hall–Kier alpha value is -2.97. The lowest BCUT2D eigenvalue weighted by molar-refractivity contribution is -0.133. The van der Waals surface area contributed by atoms with Gasteiger partial charge in [-0.05, 0) is 54.5 Å². The van der Waals surface area contributed by atoms with Gasteiger partial charge in [0, 0.05) is 30.2 Å². The minimum absolute atomic E-state index is 0.310. The average molecular weight is 442 g/mol. The van der Waals surface area contributed by atoms with Crippen LogP contribution in [0.2, 0.25) is 5.02 Å². The van der Waals surface area contributed by atoms with E-state index < -0.39 is 6.03 Å². The van der Waals surface area contributed by atoms with E-state index in [0.717, 1.165) is 36.6 Å². The number of terminal acetylenes is 1. The van der Waals surface area contributed by atoms with Crippen LogP contribution in [-0.4, -0.2) is 29.9 Å². The Balaban J connectivity index is 0.000000337. The summed E-state index contributed by atoms with van der Waals surface area (Å²) in [5, 5.41) is 3.23. The van der Waals surface area contributed by atoms with Crippen LogP contribution in [0.5, 0.6) is 0 Å². The minimum atomic E-state index is -0.536. The molecular weight excluding hydrogens is 410 g/mol. The Bertz CT molecular complexity index is 812. The molecule has 3 rings (SSSR count). The monoisotopic (exact) mass is 441 g/mol. The quantitative estimate of drug-likeness (QED) is 0.613. The maximum Gasteiger partial charge on any atom is 0.316 e. The minimum Gasteiger partial charge on any atom is -0.351 e. The maximum absolute atomic E-state index is 12.0. The van der Waals surface area contributed by atoms with E-state index in [0.29, 0.717) is 24.2 Å².